The van der Waals surface area contributed by atoms with E-state index in [2.05, 4.69) is 20.6 Å². The Morgan fingerprint density at radius 1 is 1.05 bits per heavy atom. The van der Waals surface area contributed by atoms with Gasteiger partial charge in [0.2, 0.25) is 0 Å². The average molecular weight is 278 g/mol. The van der Waals surface area contributed by atoms with Crippen molar-refractivity contribution >= 4 is 27.2 Å². The number of anilines is 3. The molecule has 0 amide bonds. The Balaban J connectivity index is 2.19. The fourth-order valence-corrected chi connectivity index (χ4v) is 2.13. The number of hydrogen-bond donors (Lipinski definition) is 2. The fourth-order valence-electron chi connectivity index (χ4n) is 1.50. The zero-order chi connectivity index (χ0) is 13.9. The van der Waals surface area contributed by atoms with Gasteiger partial charge in [-0.15, -0.1) is 0 Å². The van der Waals surface area contributed by atoms with Crippen LogP contribution in [0.4, 0.5) is 17.3 Å². The summed E-state index contributed by atoms with van der Waals surface area (Å²) in [7, 11) is -1.40. The second-order valence-electron chi connectivity index (χ2n) is 3.96. The molecule has 1 aromatic heterocycles. The minimum Gasteiger partial charge on any atom is -0.373 e. The van der Waals surface area contributed by atoms with E-state index in [1.54, 1.807) is 37.4 Å². The summed E-state index contributed by atoms with van der Waals surface area (Å²) >= 11 is 0. The van der Waals surface area contributed by atoms with Gasteiger partial charge in [0, 0.05) is 25.1 Å². The molecular formula is C12H14N4O2S. The minimum atomic E-state index is -3.17. The number of nitrogens with one attached hydrogen (secondary N) is 2. The van der Waals surface area contributed by atoms with Crippen LogP contribution in [-0.4, -0.2) is 31.7 Å². The molecule has 1 heterocycles. The number of rotatable bonds is 4. The highest BCUT2D eigenvalue weighted by molar-refractivity contribution is 7.90. The second kappa shape index (κ2) is 5.23. The summed E-state index contributed by atoms with van der Waals surface area (Å²) in [5, 5.41) is 5.98. The molecule has 6 nitrogen and oxygen atoms in total. The molecular weight excluding hydrogens is 264 g/mol. The van der Waals surface area contributed by atoms with E-state index in [0.29, 0.717) is 11.6 Å². The summed E-state index contributed by atoms with van der Waals surface area (Å²) in [4.78, 5) is 8.37. The van der Waals surface area contributed by atoms with Crippen LogP contribution in [0.2, 0.25) is 0 Å². The maximum Gasteiger partial charge on any atom is 0.175 e. The van der Waals surface area contributed by atoms with E-state index in [-0.39, 0.29) is 4.90 Å². The number of nitrogens with zero attached hydrogens (tertiary/aromatic N) is 2. The Morgan fingerprint density at radius 3 is 2.26 bits per heavy atom. The summed E-state index contributed by atoms with van der Waals surface area (Å²) in [5.74, 6) is 1.33. The molecule has 100 valence electrons. The van der Waals surface area contributed by atoms with Gasteiger partial charge in [0.1, 0.15) is 18.0 Å². The molecule has 0 fully saturated rings. The molecule has 0 aliphatic rings. The van der Waals surface area contributed by atoms with Crippen molar-refractivity contribution in [1.29, 1.82) is 0 Å². The smallest absolute Gasteiger partial charge is 0.175 e. The standard InChI is InChI=1S/C12H14N4O2S/c1-13-11-7-12(15-8-14-11)16-9-3-5-10(6-4-9)19(2,17)18/h3-8H,1-2H3,(H2,13,14,15,16). The van der Waals surface area contributed by atoms with Gasteiger partial charge >= 0.3 is 0 Å². The van der Waals surface area contributed by atoms with Gasteiger partial charge in [0.05, 0.1) is 4.90 Å². The first kappa shape index (κ1) is 13.3. The Bertz CT molecular complexity index is 668. The Labute approximate surface area is 111 Å². The summed E-state index contributed by atoms with van der Waals surface area (Å²) in [5.41, 5.74) is 0.758. The van der Waals surface area contributed by atoms with Gasteiger partial charge in [-0.3, -0.25) is 0 Å². The zero-order valence-corrected chi connectivity index (χ0v) is 11.4. The molecule has 2 N–H and O–H groups in total. The van der Waals surface area contributed by atoms with E-state index in [1.165, 1.54) is 12.6 Å². The van der Waals surface area contributed by atoms with Crippen molar-refractivity contribution in [2.75, 3.05) is 23.9 Å². The third-order valence-electron chi connectivity index (χ3n) is 2.48. The van der Waals surface area contributed by atoms with E-state index in [1.807, 2.05) is 0 Å². The molecule has 0 spiro atoms. The molecule has 0 aliphatic carbocycles. The molecule has 2 rings (SSSR count). The maximum atomic E-state index is 11.3. The van der Waals surface area contributed by atoms with Gasteiger partial charge in [-0.05, 0) is 24.3 Å². The number of hydrogen-bond acceptors (Lipinski definition) is 6. The second-order valence-corrected chi connectivity index (χ2v) is 5.98. The molecule has 1 aromatic carbocycles. The van der Waals surface area contributed by atoms with Crippen LogP contribution in [-0.2, 0) is 9.84 Å². The lowest BCUT2D eigenvalue weighted by molar-refractivity contribution is 0.602. The fraction of sp³-hybridized carbons (Fsp3) is 0.167. The molecule has 2 aromatic rings. The first-order valence-corrected chi connectivity index (χ1v) is 7.45. The maximum absolute atomic E-state index is 11.3. The summed E-state index contributed by atoms with van der Waals surface area (Å²) in [6, 6.07) is 8.25. The first-order valence-electron chi connectivity index (χ1n) is 5.56. The first-order chi connectivity index (χ1) is 8.99. The minimum absolute atomic E-state index is 0.289. The highest BCUT2D eigenvalue weighted by atomic mass is 32.2. The van der Waals surface area contributed by atoms with Crippen LogP contribution in [0.1, 0.15) is 0 Å². The third-order valence-corrected chi connectivity index (χ3v) is 3.61. The monoisotopic (exact) mass is 278 g/mol. The van der Waals surface area contributed by atoms with Crippen molar-refractivity contribution in [3.05, 3.63) is 36.7 Å². The summed E-state index contributed by atoms with van der Waals surface area (Å²) in [6.07, 6.45) is 2.62. The highest BCUT2D eigenvalue weighted by Gasteiger charge is 2.06. The molecule has 19 heavy (non-hydrogen) atoms. The SMILES string of the molecule is CNc1cc(Nc2ccc(S(C)(=O)=O)cc2)ncn1. The van der Waals surface area contributed by atoms with Gasteiger partial charge in [-0.1, -0.05) is 0 Å². The van der Waals surface area contributed by atoms with Gasteiger partial charge in [-0.2, -0.15) is 0 Å². The molecule has 0 unspecified atom stereocenters. The van der Waals surface area contributed by atoms with Crippen molar-refractivity contribution in [1.82, 2.24) is 9.97 Å². The van der Waals surface area contributed by atoms with E-state index in [4.69, 9.17) is 0 Å². The van der Waals surface area contributed by atoms with Crippen LogP contribution in [0, 0.1) is 0 Å². The van der Waals surface area contributed by atoms with Crippen LogP contribution in [0.15, 0.2) is 41.6 Å². The topological polar surface area (TPSA) is 84.0 Å². The van der Waals surface area contributed by atoms with Crippen LogP contribution >= 0.6 is 0 Å². The van der Waals surface area contributed by atoms with Gasteiger partial charge < -0.3 is 10.6 Å². The van der Waals surface area contributed by atoms with Gasteiger partial charge in [0.15, 0.2) is 9.84 Å². The van der Waals surface area contributed by atoms with E-state index in [0.717, 1.165) is 5.69 Å². The molecule has 0 aliphatic heterocycles. The molecule has 0 atom stereocenters. The summed E-state index contributed by atoms with van der Waals surface area (Å²) < 4.78 is 22.7. The van der Waals surface area contributed by atoms with Crippen molar-refractivity contribution in [2.45, 2.75) is 4.90 Å². The van der Waals surface area contributed by atoms with Crippen molar-refractivity contribution in [3.8, 4) is 0 Å². The van der Waals surface area contributed by atoms with Crippen LogP contribution in [0.25, 0.3) is 0 Å². The predicted octanol–water partition coefficient (Wildman–Crippen LogP) is 1.67. The van der Waals surface area contributed by atoms with Gasteiger partial charge in [-0.25, -0.2) is 18.4 Å². The molecule has 7 heteroatoms. The van der Waals surface area contributed by atoms with Crippen LogP contribution in [0.3, 0.4) is 0 Å². The normalized spacial score (nSPS) is 11.1. The van der Waals surface area contributed by atoms with E-state index in [9.17, 15) is 8.42 Å². The number of aromatic nitrogens is 2. The Hall–Kier alpha value is -2.15. The predicted molar refractivity (Wildman–Crippen MR) is 74.4 cm³/mol. The molecule has 0 saturated heterocycles. The van der Waals surface area contributed by atoms with Crippen molar-refractivity contribution in [2.24, 2.45) is 0 Å². The van der Waals surface area contributed by atoms with E-state index >= 15 is 0 Å². The van der Waals surface area contributed by atoms with Crippen LogP contribution in [0.5, 0.6) is 0 Å². The van der Waals surface area contributed by atoms with Gasteiger partial charge in [0.25, 0.3) is 0 Å². The lowest BCUT2D eigenvalue weighted by Crippen LogP contribution is -1.99. The largest absolute Gasteiger partial charge is 0.373 e. The third kappa shape index (κ3) is 3.41. The molecule has 0 radical (unpaired) electrons. The Kier molecular flexibility index (Phi) is 3.66. The Morgan fingerprint density at radius 2 is 1.68 bits per heavy atom. The summed E-state index contributed by atoms with van der Waals surface area (Å²) in [6.45, 7) is 0. The zero-order valence-electron chi connectivity index (χ0n) is 10.6. The number of benzene rings is 1. The lowest BCUT2D eigenvalue weighted by atomic mass is 10.3. The quantitative estimate of drug-likeness (QED) is 0.885. The van der Waals surface area contributed by atoms with Crippen molar-refractivity contribution < 1.29 is 8.42 Å². The van der Waals surface area contributed by atoms with Crippen LogP contribution < -0.4 is 10.6 Å². The molecule has 0 saturated carbocycles. The highest BCUT2D eigenvalue weighted by Crippen LogP contribution is 2.18. The van der Waals surface area contributed by atoms with Crippen molar-refractivity contribution in [3.63, 3.8) is 0 Å². The molecule has 0 bridgehead atoms. The lowest BCUT2D eigenvalue weighted by Gasteiger charge is -2.07. The van der Waals surface area contributed by atoms with E-state index < -0.39 is 9.84 Å². The number of sulfone groups is 1. The average Bonchev–Trinajstić information content (AvgIpc) is 2.38.